The number of likely N-dealkylation sites (N-methyl/N-ethyl adjacent to an activating group) is 1. The Hall–Kier alpha value is -2.18. The first-order chi connectivity index (χ1) is 10.7. The molecule has 0 aliphatic rings. The maximum absolute atomic E-state index is 11.0. The molecule has 0 spiro atoms. The molecule has 2 aromatic rings. The normalized spacial score (nSPS) is 11.6. The van der Waals surface area contributed by atoms with E-state index in [-0.39, 0.29) is 0 Å². The zero-order chi connectivity index (χ0) is 15.9. The van der Waals surface area contributed by atoms with Crippen LogP contribution in [0.1, 0.15) is 19.4 Å². The minimum atomic E-state index is -0.551. The number of benzene rings is 1. The van der Waals surface area contributed by atoms with Gasteiger partial charge in [0.1, 0.15) is 0 Å². The van der Waals surface area contributed by atoms with Gasteiger partial charge < -0.3 is 9.47 Å². The lowest BCUT2D eigenvalue weighted by Gasteiger charge is -2.18. The number of carbonyl (C=O) groups is 1. The number of carbonyl (C=O) groups excluding carboxylic acids is 1. The first-order valence-electron chi connectivity index (χ1n) is 7.47. The standard InChI is InChI=1S/C16H22N4O2/c1-3-19(4-2)9-10-20-12-17-14-11-13(5-7-15(14)20)6-8-16(21)18-22/h5-8,11-12,22H,3-4,9-10H2,1-2H3,(H,18,21). The summed E-state index contributed by atoms with van der Waals surface area (Å²) in [5.41, 5.74) is 4.40. The number of aromatic nitrogens is 2. The van der Waals surface area contributed by atoms with E-state index in [9.17, 15) is 4.79 Å². The molecule has 6 heteroatoms. The average molecular weight is 302 g/mol. The van der Waals surface area contributed by atoms with E-state index in [1.54, 1.807) is 11.6 Å². The molecule has 0 saturated heterocycles. The van der Waals surface area contributed by atoms with Gasteiger partial charge >= 0.3 is 0 Å². The fraction of sp³-hybridized carbons (Fsp3) is 0.375. The summed E-state index contributed by atoms with van der Waals surface area (Å²) in [6.45, 7) is 8.32. The van der Waals surface area contributed by atoms with Crippen LogP contribution in [0, 0.1) is 0 Å². The molecule has 22 heavy (non-hydrogen) atoms. The highest BCUT2D eigenvalue weighted by atomic mass is 16.5. The molecule has 6 nitrogen and oxygen atoms in total. The highest BCUT2D eigenvalue weighted by Crippen LogP contribution is 2.16. The monoisotopic (exact) mass is 302 g/mol. The molecule has 1 amide bonds. The molecule has 1 aromatic carbocycles. The van der Waals surface area contributed by atoms with Crippen molar-refractivity contribution < 1.29 is 10.0 Å². The molecule has 0 atom stereocenters. The summed E-state index contributed by atoms with van der Waals surface area (Å²) in [7, 11) is 0. The molecule has 0 aliphatic carbocycles. The molecule has 1 heterocycles. The van der Waals surface area contributed by atoms with Crippen LogP contribution in [0.15, 0.2) is 30.6 Å². The molecule has 0 aliphatic heterocycles. The van der Waals surface area contributed by atoms with Crippen molar-refractivity contribution in [3.8, 4) is 0 Å². The van der Waals surface area contributed by atoms with Crippen molar-refractivity contribution in [1.29, 1.82) is 0 Å². The Morgan fingerprint density at radius 3 is 2.86 bits per heavy atom. The fourth-order valence-electron chi connectivity index (χ4n) is 2.36. The molecule has 118 valence electrons. The second kappa shape index (κ2) is 7.72. The van der Waals surface area contributed by atoms with Crippen LogP contribution in [0.2, 0.25) is 0 Å². The number of nitrogens with zero attached hydrogens (tertiary/aromatic N) is 3. The number of hydrogen-bond donors (Lipinski definition) is 2. The van der Waals surface area contributed by atoms with Crippen LogP contribution >= 0.6 is 0 Å². The Balaban J connectivity index is 2.13. The summed E-state index contributed by atoms with van der Waals surface area (Å²) >= 11 is 0. The smallest absolute Gasteiger partial charge is 0.267 e. The van der Waals surface area contributed by atoms with Gasteiger partial charge in [-0.2, -0.15) is 0 Å². The van der Waals surface area contributed by atoms with Gasteiger partial charge in [-0.3, -0.25) is 10.0 Å². The van der Waals surface area contributed by atoms with Gasteiger partial charge in [-0.1, -0.05) is 19.9 Å². The third-order valence-electron chi connectivity index (χ3n) is 3.73. The van der Waals surface area contributed by atoms with Crippen LogP contribution in [0.25, 0.3) is 17.1 Å². The number of hydroxylamine groups is 1. The van der Waals surface area contributed by atoms with Crippen LogP contribution in [0.5, 0.6) is 0 Å². The Kier molecular flexibility index (Phi) is 5.68. The highest BCUT2D eigenvalue weighted by molar-refractivity contribution is 5.91. The number of nitrogens with one attached hydrogen (secondary N) is 1. The highest BCUT2D eigenvalue weighted by Gasteiger charge is 2.05. The van der Waals surface area contributed by atoms with Gasteiger partial charge in [-0.05, 0) is 36.9 Å². The predicted molar refractivity (Wildman–Crippen MR) is 86.5 cm³/mol. The molecular formula is C16H22N4O2. The van der Waals surface area contributed by atoms with E-state index in [0.29, 0.717) is 0 Å². The Morgan fingerprint density at radius 2 is 2.18 bits per heavy atom. The lowest BCUT2D eigenvalue weighted by molar-refractivity contribution is -0.124. The van der Waals surface area contributed by atoms with Crippen molar-refractivity contribution >= 4 is 23.0 Å². The Morgan fingerprint density at radius 1 is 1.41 bits per heavy atom. The first kappa shape index (κ1) is 16.2. The van der Waals surface area contributed by atoms with E-state index < -0.39 is 5.91 Å². The van der Waals surface area contributed by atoms with E-state index in [1.807, 2.05) is 24.5 Å². The molecule has 0 radical (unpaired) electrons. The molecule has 0 saturated carbocycles. The number of imidazole rings is 1. The second-order valence-electron chi connectivity index (χ2n) is 5.02. The lowest BCUT2D eigenvalue weighted by atomic mass is 10.2. The Labute approximate surface area is 130 Å². The van der Waals surface area contributed by atoms with Crippen LogP contribution in [-0.2, 0) is 11.3 Å². The first-order valence-corrected chi connectivity index (χ1v) is 7.47. The molecule has 2 rings (SSSR count). The van der Waals surface area contributed by atoms with E-state index in [1.165, 1.54) is 6.08 Å². The summed E-state index contributed by atoms with van der Waals surface area (Å²) in [5, 5.41) is 8.46. The van der Waals surface area contributed by atoms with Gasteiger partial charge in [-0.15, -0.1) is 0 Å². The van der Waals surface area contributed by atoms with Gasteiger partial charge in [0, 0.05) is 19.2 Å². The van der Waals surface area contributed by atoms with E-state index >= 15 is 0 Å². The number of hydrogen-bond acceptors (Lipinski definition) is 4. The van der Waals surface area contributed by atoms with Crippen LogP contribution in [-0.4, -0.2) is 45.2 Å². The van der Waals surface area contributed by atoms with Crippen molar-refractivity contribution in [3.63, 3.8) is 0 Å². The molecular weight excluding hydrogens is 280 g/mol. The average Bonchev–Trinajstić information content (AvgIpc) is 2.96. The summed E-state index contributed by atoms with van der Waals surface area (Å²) in [6, 6.07) is 5.85. The Bertz CT molecular complexity index is 659. The second-order valence-corrected chi connectivity index (χ2v) is 5.02. The molecule has 2 N–H and O–H groups in total. The van der Waals surface area contributed by atoms with Crippen molar-refractivity contribution in [1.82, 2.24) is 19.9 Å². The summed E-state index contributed by atoms with van der Waals surface area (Å²) in [6.07, 6.45) is 4.76. The molecule has 0 fully saturated rings. The maximum atomic E-state index is 11.0. The van der Waals surface area contributed by atoms with Crippen molar-refractivity contribution in [3.05, 3.63) is 36.2 Å². The SMILES string of the molecule is CCN(CC)CCn1cnc2cc(C=CC(=O)NO)ccc21. The quantitative estimate of drug-likeness (QED) is 0.465. The van der Waals surface area contributed by atoms with Gasteiger partial charge in [0.2, 0.25) is 0 Å². The number of fused-ring (bicyclic) bond motifs is 1. The van der Waals surface area contributed by atoms with Gasteiger partial charge in [0.15, 0.2) is 0 Å². The molecule has 0 bridgehead atoms. The maximum Gasteiger partial charge on any atom is 0.267 e. The third kappa shape index (κ3) is 3.93. The molecule has 0 unspecified atom stereocenters. The van der Waals surface area contributed by atoms with Crippen molar-refractivity contribution in [2.45, 2.75) is 20.4 Å². The van der Waals surface area contributed by atoms with Crippen LogP contribution < -0.4 is 5.48 Å². The van der Waals surface area contributed by atoms with E-state index in [4.69, 9.17) is 5.21 Å². The van der Waals surface area contributed by atoms with Gasteiger partial charge in [0.05, 0.1) is 17.4 Å². The summed E-state index contributed by atoms with van der Waals surface area (Å²) < 4.78 is 2.14. The lowest BCUT2D eigenvalue weighted by Crippen LogP contribution is -2.26. The fourth-order valence-corrected chi connectivity index (χ4v) is 2.36. The predicted octanol–water partition coefficient (Wildman–Crippen LogP) is 1.90. The van der Waals surface area contributed by atoms with Gasteiger partial charge in [0.25, 0.3) is 5.91 Å². The van der Waals surface area contributed by atoms with Crippen LogP contribution in [0.4, 0.5) is 0 Å². The summed E-state index contributed by atoms with van der Waals surface area (Å²) in [4.78, 5) is 17.8. The summed E-state index contributed by atoms with van der Waals surface area (Å²) in [5.74, 6) is -0.551. The van der Waals surface area contributed by atoms with Gasteiger partial charge in [-0.25, -0.2) is 10.5 Å². The third-order valence-corrected chi connectivity index (χ3v) is 3.73. The van der Waals surface area contributed by atoms with Crippen molar-refractivity contribution in [2.75, 3.05) is 19.6 Å². The molecule has 1 aromatic heterocycles. The van der Waals surface area contributed by atoms with E-state index in [2.05, 4.69) is 28.3 Å². The number of rotatable bonds is 7. The largest absolute Gasteiger partial charge is 0.329 e. The minimum absolute atomic E-state index is 0.551. The topological polar surface area (TPSA) is 70.4 Å². The zero-order valence-corrected chi connectivity index (χ0v) is 13.0. The zero-order valence-electron chi connectivity index (χ0n) is 13.0. The van der Waals surface area contributed by atoms with E-state index in [0.717, 1.165) is 42.8 Å². The minimum Gasteiger partial charge on any atom is -0.329 e. The van der Waals surface area contributed by atoms with Crippen LogP contribution in [0.3, 0.4) is 0 Å². The number of amides is 1. The van der Waals surface area contributed by atoms with Crippen molar-refractivity contribution in [2.24, 2.45) is 0 Å².